The number of benzene rings is 2. The van der Waals surface area contributed by atoms with Gasteiger partial charge in [0.2, 0.25) is 11.8 Å². The zero-order valence-electron chi connectivity index (χ0n) is 21.1. The van der Waals surface area contributed by atoms with Gasteiger partial charge in [-0.25, -0.2) is 0 Å². The Morgan fingerprint density at radius 3 is 2.66 bits per heavy atom. The van der Waals surface area contributed by atoms with E-state index in [4.69, 9.17) is 4.74 Å². The van der Waals surface area contributed by atoms with Crippen LogP contribution in [0.25, 0.3) is 0 Å². The van der Waals surface area contributed by atoms with Crippen molar-refractivity contribution in [2.45, 2.75) is 47.6 Å². The van der Waals surface area contributed by atoms with Crippen molar-refractivity contribution in [3.05, 3.63) is 53.6 Å². The quantitative estimate of drug-likeness (QED) is 0.452. The van der Waals surface area contributed by atoms with Crippen molar-refractivity contribution >= 4 is 29.3 Å². The van der Waals surface area contributed by atoms with E-state index in [2.05, 4.69) is 10.2 Å². The van der Waals surface area contributed by atoms with Crippen molar-refractivity contribution in [1.29, 1.82) is 0 Å². The molecule has 1 N–H and O–H groups in total. The van der Waals surface area contributed by atoms with Gasteiger partial charge in [0.05, 0.1) is 18.8 Å². The molecule has 1 saturated carbocycles. The summed E-state index contributed by atoms with van der Waals surface area (Å²) in [6.07, 6.45) is -1.81. The number of nitrogens with one attached hydrogen (secondary N) is 1. The molecule has 2 saturated heterocycles. The number of morpholine rings is 1. The average molecular weight is 548 g/mol. The summed E-state index contributed by atoms with van der Waals surface area (Å²) < 4.78 is 47.6. The van der Waals surface area contributed by atoms with Gasteiger partial charge in [-0.3, -0.25) is 9.59 Å². The van der Waals surface area contributed by atoms with Crippen LogP contribution in [0.1, 0.15) is 42.7 Å². The smallest absolute Gasteiger partial charge is 0.378 e. The monoisotopic (exact) mass is 547 g/mol. The minimum absolute atomic E-state index is 0.130. The van der Waals surface area contributed by atoms with Crippen molar-refractivity contribution in [2.75, 3.05) is 50.8 Å². The van der Waals surface area contributed by atoms with Crippen LogP contribution in [0, 0.1) is 5.92 Å². The second-order valence-electron chi connectivity index (χ2n) is 10.0. The molecule has 0 radical (unpaired) electrons. The number of amides is 2. The fourth-order valence-electron chi connectivity index (χ4n) is 5.19. The summed E-state index contributed by atoms with van der Waals surface area (Å²) in [6.45, 7) is 4.63. The number of halogens is 3. The first-order valence-corrected chi connectivity index (χ1v) is 14.0. The van der Waals surface area contributed by atoms with Crippen LogP contribution >= 0.6 is 11.8 Å². The van der Waals surface area contributed by atoms with E-state index in [-0.39, 0.29) is 28.5 Å². The van der Waals surface area contributed by atoms with Gasteiger partial charge < -0.3 is 19.9 Å². The van der Waals surface area contributed by atoms with E-state index < -0.39 is 11.7 Å². The highest BCUT2D eigenvalue weighted by atomic mass is 32.2. The summed E-state index contributed by atoms with van der Waals surface area (Å²) in [4.78, 5) is 29.1. The van der Waals surface area contributed by atoms with Crippen LogP contribution in [0.5, 0.6) is 0 Å². The Kier molecular flexibility index (Phi) is 8.18. The molecule has 3 aliphatic rings. The number of hydrogen-bond acceptors (Lipinski definition) is 5. The molecule has 10 heteroatoms. The molecule has 3 fully saturated rings. The Balaban J connectivity index is 1.20. The maximum atomic E-state index is 14.1. The van der Waals surface area contributed by atoms with Crippen LogP contribution in [0.3, 0.4) is 0 Å². The van der Waals surface area contributed by atoms with Gasteiger partial charge in [0.15, 0.2) is 0 Å². The highest BCUT2D eigenvalue weighted by molar-refractivity contribution is 7.99. The summed E-state index contributed by atoms with van der Waals surface area (Å²) in [7, 11) is 0. The minimum atomic E-state index is -4.50. The maximum Gasteiger partial charge on any atom is 0.417 e. The van der Waals surface area contributed by atoms with Crippen molar-refractivity contribution in [3.63, 3.8) is 0 Å². The van der Waals surface area contributed by atoms with E-state index in [0.29, 0.717) is 51.1 Å². The first-order valence-electron chi connectivity index (χ1n) is 13.2. The van der Waals surface area contributed by atoms with Crippen molar-refractivity contribution < 1.29 is 27.5 Å². The molecule has 2 heterocycles. The summed E-state index contributed by atoms with van der Waals surface area (Å²) in [6, 6.07) is 12.0. The Hall–Kier alpha value is -2.72. The van der Waals surface area contributed by atoms with E-state index in [1.165, 1.54) is 12.1 Å². The average Bonchev–Trinajstić information content (AvgIpc) is 3.61. The number of carbonyl (C=O) groups excluding carboxylic acids is 2. The molecular formula is C28H32F3N3O3S. The lowest BCUT2D eigenvalue weighted by Crippen LogP contribution is -2.36. The second-order valence-corrected chi connectivity index (χ2v) is 11.1. The lowest BCUT2D eigenvalue weighted by Gasteiger charge is -2.29. The van der Waals surface area contributed by atoms with E-state index in [1.807, 2.05) is 29.2 Å². The third-order valence-corrected chi connectivity index (χ3v) is 8.43. The van der Waals surface area contributed by atoms with Gasteiger partial charge >= 0.3 is 6.18 Å². The topological polar surface area (TPSA) is 61.9 Å². The van der Waals surface area contributed by atoms with Crippen LogP contribution in [0.2, 0.25) is 0 Å². The third-order valence-electron chi connectivity index (χ3n) is 7.36. The number of anilines is 1. The second kappa shape index (κ2) is 11.6. The number of carbonyl (C=O) groups is 2. The van der Waals surface area contributed by atoms with Crippen LogP contribution in [-0.4, -0.2) is 62.7 Å². The van der Waals surface area contributed by atoms with Gasteiger partial charge in [0, 0.05) is 60.5 Å². The van der Waals surface area contributed by atoms with Crippen LogP contribution < -0.4 is 10.2 Å². The SMILES string of the molecule is O=C(NCCCN1CCCC1=O)C1CC1c1ccc(Sc2cccc(N3CCOCC3)c2)c(C(F)(F)F)c1. The van der Waals surface area contributed by atoms with Gasteiger partial charge in [-0.1, -0.05) is 23.9 Å². The Morgan fingerprint density at radius 2 is 1.92 bits per heavy atom. The predicted molar refractivity (Wildman–Crippen MR) is 139 cm³/mol. The Bertz CT molecular complexity index is 1170. The molecule has 2 aromatic carbocycles. The number of likely N-dealkylation sites (tertiary alicyclic amines) is 1. The van der Waals surface area contributed by atoms with Gasteiger partial charge in [0.25, 0.3) is 0 Å². The lowest BCUT2D eigenvalue weighted by atomic mass is 10.0. The normalized spacial score (nSPS) is 21.6. The third kappa shape index (κ3) is 6.46. The fraction of sp³-hybridized carbons (Fsp3) is 0.500. The van der Waals surface area contributed by atoms with Crippen LogP contribution in [-0.2, 0) is 20.5 Å². The molecular weight excluding hydrogens is 515 g/mol. The van der Waals surface area contributed by atoms with Gasteiger partial charge in [0.1, 0.15) is 0 Å². The van der Waals surface area contributed by atoms with Gasteiger partial charge in [-0.2, -0.15) is 13.2 Å². The molecule has 2 amide bonds. The predicted octanol–water partition coefficient (Wildman–Crippen LogP) is 4.93. The maximum absolute atomic E-state index is 14.1. The molecule has 38 heavy (non-hydrogen) atoms. The van der Waals surface area contributed by atoms with Crippen LogP contribution in [0.4, 0.5) is 18.9 Å². The summed E-state index contributed by atoms with van der Waals surface area (Å²) in [5.41, 5.74) is 0.854. The fourth-order valence-corrected chi connectivity index (χ4v) is 6.19. The Morgan fingerprint density at radius 1 is 1.11 bits per heavy atom. The van der Waals surface area contributed by atoms with Crippen LogP contribution in [0.15, 0.2) is 52.3 Å². The first kappa shape index (κ1) is 26.9. The van der Waals surface area contributed by atoms with Gasteiger partial charge in [-0.05, 0) is 61.1 Å². The highest BCUT2D eigenvalue weighted by Crippen LogP contribution is 2.50. The summed E-state index contributed by atoms with van der Waals surface area (Å²) >= 11 is 1.11. The standard InChI is InChI=1S/C28H32F3N3O3S/c29-28(30,31)24-16-19(22-18-23(22)27(36)32-9-3-11-34-10-2-6-26(34)35)7-8-25(24)38-21-5-1-4-20(17-21)33-12-14-37-15-13-33/h1,4-5,7-8,16-17,22-23H,2-3,6,9-15,18H2,(H,32,36). The Labute approximate surface area is 224 Å². The number of alkyl halides is 3. The van der Waals surface area contributed by atoms with Crippen molar-refractivity contribution in [2.24, 2.45) is 5.92 Å². The zero-order chi connectivity index (χ0) is 26.7. The van der Waals surface area contributed by atoms with E-state index in [9.17, 15) is 22.8 Å². The molecule has 2 aliphatic heterocycles. The van der Waals surface area contributed by atoms with Crippen molar-refractivity contribution in [3.8, 4) is 0 Å². The van der Waals surface area contributed by atoms with Crippen molar-refractivity contribution in [1.82, 2.24) is 10.2 Å². The van der Waals surface area contributed by atoms with Gasteiger partial charge in [-0.15, -0.1) is 0 Å². The number of nitrogens with zero attached hydrogens (tertiary/aromatic N) is 2. The largest absolute Gasteiger partial charge is 0.417 e. The highest BCUT2D eigenvalue weighted by Gasteiger charge is 2.45. The van der Waals surface area contributed by atoms with E-state index in [0.717, 1.165) is 48.4 Å². The first-order chi connectivity index (χ1) is 18.3. The van der Waals surface area contributed by atoms with E-state index >= 15 is 0 Å². The molecule has 6 nitrogen and oxygen atoms in total. The summed E-state index contributed by atoms with van der Waals surface area (Å²) in [5.74, 6) is -0.492. The molecule has 5 rings (SSSR count). The number of hydrogen-bond donors (Lipinski definition) is 1. The molecule has 0 bridgehead atoms. The molecule has 1 aliphatic carbocycles. The molecule has 204 valence electrons. The molecule has 2 atom stereocenters. The minimum Gasteiger partial charge on any atom is -0.378 e. The number of ether oxygens (including phenoxy) is 1. The molecule has 0 aromatic heterocycles. The summed E-state index contributed by atoms with van der Waals surface area (Å²) in [5, 5.41) is 2.89. The number of rotatable bonds is 9. The zero-order valence-corrected chi connectivity index (χ0v) is 22.0. The lowest BCUT2D eigenvalue weighted by molar-refractivity contribution is -0.139. The van der Waals surface area contributed by atoms with E-state index in [1.54, 1.807) is 6.07 Å². The molecule has 2 unspecified atom stereocenters. The molecule has 0 spiro atoms. The molecule has 2 aromatic rings.